The van der Waals surface area contributed by atoms with Crippen LogP contribution in [0.1, 0.15) is 65.1 Å². The van der Waals surface area contributed by atoms with Crippen LogP contribution in [0.3, 0.4) is 0 Å². The van der Waals surface area contributed by atoms with Crippen molar-refractivity contribution >= 4 is 5.69 Å². The van der Waals surface area contributed by atoms with Gasteiger partial charge in [0.25, 0.3) is 0 Å². The summed E-state index contributed by atoms with van der Waals surface area (Å²) in [5.74, 6) is 0. The minimum absolute atomic E-state index is 0.492. The zero-order valence-electron chi connectivity index (χ0n) is 14.7. The largest absolute Gasteiger partial charge is 0.368 e. The molecule has 0 amide bonds. The maximum atomic E-state index is 4.50. The van der Waals surface area contributed by atoms with Gasteiger partial charge < -0.3 is 10.2 Å². The van der Waals surface area contributed by atoms with E-state index in [0.29, 0.717) is 12.1 Å². The van der Waals surface area contributed by atoms with Gasteiger partial charge in [0.1, 0.15) is 0 Å². The topological polar surface area (TPSA) is 28.2 Å². The molecule has 0 saturated heterocycles. The first-order chi connectivity index (χ1) is 9.99. The van der Waals surface area contributed by atoms with Crippen LogP contribution in [0.4, 0.5) is 5.69 Å². The molecule has 1 atom stereocenters. The summed E-state index contributed by atoms with van der Waals surface area (Å²) in [5, 5.41) is 3.52. The van der Waals surface area contributed by atoms with Gasteiger partial charge in [0.15, 0.2) is 0 Å². The van der Waals surface area contributed by atoms with Gasteiger partial charge in [-0.3, -0.25) is 4.98 Å². The van der Waals surface area contributed by atoms with Gasteiger partial charge in [-0.1, -0.05) is 34.1 Å². The number of rotatable bonds is 9. The predicted molar refractivity (Wildman–Crippen MR) is 93.0 cm³/mol. The van der Waals surface area contributed by atoms with E-state index in [9.17, 15) is 0 Å². The molecule has 0 radical (unpaired) electrons. The molecule has 1 aromatic rings. The predicted octanol–water partition coefficient (Wildman–Crippen LogP) is 4.29. The summed E-state index contributed by atoms with van der Waals surface area (Å²) in [6.07, 6.45) is 5.68. The van der Waals surface area contributed by atoms with Crippen LogP contribution in [0.15, 0.2) is 12.3 Å². The molecule has 1 heterocycles. The van der Waals surface area contributed by atoms with Crippen molar-refractivity contribution < 1.29 is 0 Å². The van der Waals surface area contributed by atoms with Crippen molar-refractivity contribution in [3.63, 3.8) is 0 Å². The van der Waals surface area contributed by atoms with Crippen molar-refractivity contribution in [2.24, 2.45) is 0 Å². The van der Waals surface area contributed by atoms with Crippen LogP contribution in [0.5, 0.6) is 0 Å². The lowest BCUT2D eigenvalue weighted by Crippen LogP contribution is -2.35. The lowest BCUT2D eigenvalue weighted by Gasteiger charge is -2.33. The molecular formula is C18H33N3. The summed E-state index contributed by atoms with van der Waals surface area (Å²) in [7, 11) is 0. The Morgan fingerprint density at radius 1 is 1.24 bits per heavy atom. The SMILES string of the molecule is CCCCN(c1cc(C)ncc1CNC(C)C)C(C)CC. The van der Waals surface area contributed by atoms with Crippen LogP contribution in [-0.4, -0.2) is 23.6 Å². The summed E-state index contributed by atoms with van der Waals surface area (Å²) < 4.78 is 0. The molecule has 0 spiro atoms. The molecule has 1 N–H and O–H groups in total. The summed E-state index contributed by atoms with van der Waals surface area (Å²) in [4.78, 5) is 7.06. The van der Waals surface area contributed by atoms with Crippen molar-refractivity contribution in [3.05, 3.63) is 23.5 Å². The number of aromatic nitrogens is 1. The third-order valence-corrected chi connectivity index (χ3v) is 3.98. The van der Waals surface area contributed by atoms with Crippen LogP contribution in [0, 0.1) is 6.92 Å². The van der Waals surface area contributed by atoms with E-state index in [2.05, 4.69) is 62.8 Å². The fraction of sp³-hybridized carbons (Fsp3) is 0.722. The zero-order valence-corrected chi connectivity index (χ0v) is 14.7. The standard InChI is InChI=1S/C18H33N3/c1-7-9-10-21(16(6)8-2)18-11-15(5)20-13-17(18)12-19-14(3)4/h11,13-14,16,19H,7-10,12H2,1-6H3. The van der Waals surface area contributed by atoms with Crippen molar-refractivity contribution in [1.29, 1.82) is 0 Å². The average Bonchev–Trinajstić information content (AvgIpc) is 2.46. The molecule has 0 aliphatic carbocycles. The third kappa shape index (κ3) is 5.66. The average molecular weight is 291 g/mol. The molecule has 0 fully saturated rings. The molecule has 3 nitrogen and oxygen atoms in total. The van der Waals surface area contributed by atoms with E-state index in [1.165, 1.54) is 30.5 Å². The first-order valence-electron chi connectivity index (χ1n) is 8.45. The fourth-order valence-corrected chi connectivity index (χ4v) is 2.42. The molecule has 0 aliphatic heterocycles. The highest BCUT2D eigenvalue weighted by Crippen LogP contribution is 2.25. The molecule has 0 aromatic carbocycles. The third-order valence-electron chi connectivity index (χ3n) is 3.98. The second-order valence-electron chi connectivity index (χ2n) is 6.29. The Morgan fingerprint density at radius 2 is 1.95 bits per heavy atom. The van der Waals surface area contributed by atoms with E-state index in [4.69, 9.17) is 0 Å². The van der Waals surface area contributed by atoms with Crippen LogP contribution in [-0.2, 0) is 6.54 Å². The van der Waals surface area contributed by atoms with Crippen molar-refractivity contribution in [3.8, 4) is 0 Å². The monoisotopic (exact) mass is 291 g/mol. The van der Waals surface area contributed by atoms with Crippen molar-refractivity contribution in [2.75, 3.05) is 11.4 Å². The van der Waals surface area contributed by atoms with Gasteiger partial charge >= 0.3 is 0 Å². The number of unbranched alkanes of at least 4 members (excludes halogenated alkanes) is 1. The number of hydrogen-bond donors (Lipinski definition) is 1. The van der Waals surface area contributed by atoms with E-state index in [1.54, 1.807) is 0 Å². The Kier molecular flexibility index (Phi) is 7.73. The molecule has 21 heavy (non-hydrogen) atoms. The Hall–Kier alpha value is -1.09. The van der Waals surface area contributed by atoms with Crippen LogP contribution >= 0.6 is 0 Å². The number of nitrogens with one attached hydrogen (secondary N) is 1. The van der Waals surface area contributed by atoms with E-state index >= 15 is 0 Å². The molecule has 3 heteroatoms. The second kappa shape index (κ2) is 9.04. The van der Waals surface area contributed by atoms with E-state index in [-0.39, 0.29) is 0 Å². The summed E-state index contributed by atoms with van der Waals surface area (Å²) >= 11 is 0. The van der Waals surface area contributed by atoms with Gasteiger partial charge in [-0.15, -0.1) is 0 Å². The minimum atomic E-state index is 0.492. The van der Waals surface area contributed by atoms with Gasteiger partial charge in [-0.25, -0.2) is 0 Å². The number of nitrogens with zero attached hydrogens (tertiary/aromatic N) is 2. The molecule has 0 bridgehead atoms. The normalized spacial score (nSPS) is 12.7. The molecule has 0 aliphatic rings. The highest BCUT2D eigenvalue weighted by Gasteiger charge is 2.16. The summed E-state index contributed by atoms with van der Waals surface area (Å²) in [5.41, 5.74) is 3.77. The second-order valence-corrected chi connectivity index (χ2v) is 6.29. The van der Waals surface area contributed by atoms with E-state index in [1.807, 2.05) is 6.20 Å². The zero-order chi connectivity index (χ0) is 15.8. The molecular weight excluding hydrogens is 258 g/mol. The Bertz CT molecular complexity index is 415. The maximum Gasteiger partial charge on any atom is 0.0447 e. The summed E-state index contributed by atoms with van der Waals surface area (Å²) in [6, 6.07) is 3.31. The Balaban J connectivity index is 3.05. The summed E-state index contributed by atoms with van der Waals surface area (Å²) in [6.45, 7) is 15.3. The molecule has 120 valence electrons. The van der Waals surface area contributed by atoms with E-state index in [0.717, 1.165) is 18.8 Å². The Labute approximate surface area is 131 Å². The van der Waals surface area contributed by atoms with Crippen molar-refractivity contribution in [2.45, 2.75) is 79.4 Å². The molecule has 1 aromatic heterocycles. The highest BCUT2D eigenvalue weighted by atomic mass is 15.2. The Morgan fingerprint density at radius 3 is 2.52 bits per heavy atom. The smallest absolute Gasteiger partial charge is 0.0447 e. The van der Waals surface area contributed by atoms with Gasteiger partial charge in [0.05, 0.1) is 0 Å². The van der Waals surface area contributed by atoms with Crippen molar-refractivity contribution in [1.82, 2.24) is 10.3 Å². The minimum Gasteiger partial charge on any atom is -0.368 e. The number of hydrogen-bond acceptors (Lipinski definition) is 3. The molecule has 1 unspecified atom stereocenters. The van der Waals surface area contributed by atoms with Crippen LogP contribution < -0.4 is 10.2 Å². The quantitative estimate of drug-likeness (QED) is 0.735. The van der Waals surface area contributed by atoms with Gasteiger partial charge in [0, 0.05) is 48.3 Å². The fourth-order valence-electron chi connectivity index (χ4n) is 2.42. The highest BCUT2D eigenvalue weighted by molar-refractivity contribution is 5.54. The maximum absolute atomic E-state index is 4.50. The van der Waals surface area contributed by atoms with Crippen LogP contribution in [0.2, 0.25) is 0 Å². The molecule has 0 saturated carbocycles. The van der Waals surface area contributed by atoms with Gasteiger partial charge in [-0.2, -0.15) is 0 Å². The first-order valence-corrected chi connectivity index (χ1v) is 8.45. The number of pyridine rings is 1. The van der Waals surface area contributed by atoms with Crippen LogP contribution in [0.25, 0.3) is 0 Å². The first kappa shape index (κ1) is 18.0. The van der Waals surface area contributed by atoms with Gasteiger partial charge in [0.2, 0.25) is 0 Å². The lowest BCUT2D eigenvalue weighted by atomic mass is 10.1. The number of aryl methyl sites for hydroxylation is 1. The van der Waals surface area contributed by atoms with Gasteiger partial charge in [-0.05, 0) is 32.8 Å². The van der Waals surface area contributed by atoms with E-state index < -0.39 is 0 Å². The number of anilines is 1. The lowest BCUT2D eigenvalue weighted by molar-refractivity contribution is 0.572. The molecule has 1 rings (SSSR count).